The number of aromatic nitrogens is 4. The van der Waals surface area contributed by atoms with Crippen LogP contribution in [-0.4, -0.2) is 18.9 Å². The third-order valence-electron chi connectivity index (χ3n) is 9.83. The van der Waals surface area contributed by atoms with Crippen molar-refractivity contribution in [3.63, 3.8) is 0 Å². The van der Waals surface area contributed by atoms with Gasteiger partial charge in [-0.1, -0.05) is 115 Å². The average molecular weight is 585 g/mol. The quantitative estimate of drug-likeness (QED) is 0.203. The molecule has 0 aliphatic carbocycles. The maximum absolute atomic E-state index is 5.35. The summed E-state index contributed by atoms with van der Waals surface area (Å²) in [6.45, 7) is 0. The van der Waals surface area contributed by atoms with Crippen LogP contribution < -0.4 is 0 Å². The van der Waals surface area contributed by atoms with E-state index in [0.717, 1.165) is 33.2 Å². The predicted octanol–water partition coefficient (Wildman–Crippen LogP) is 10.7. The first kappa shape index (κ1) is 24.1. The van der Waals surface area contributed by atoms with Gasteiger partial charge in [-0.25, -0.2) is 9.97 Å². The summed E-state index contributed by atoms with van der Waals surface area (Å²) in [4.78, 5) is 10.6. The Balaban J connectivity index is 1.40. The summed E-state index contributed by atoms with van der Waals surface area (Å²) in [5.41, 5.74) is 8.88. The molecule has 11 rings (SSSR count). The molecule has 0 spiro atoms. The number of nitrogens with zero attached hydrogens (tertiary/aromatic N) is 4. The first-order valence-corrected chi connectivity index (χ1v) is 15.7. The third-order valence-corrected chi connectivity index (χ3v) is 9.83. The highest BCUT2D eigenvalue weighted by Gasteiger charge is 2.25. The van der Waals surface area contributed by atoms with E-state index in [1.807, 2.05) is 6.07 Å². The number of fused-ring (bicyclic) bond motifs is 13. The van der Waals surface area contributed by atoms with Gasteiger partial charge >= 0.3 is 0 Å². The van der Waals surface area contributed by atoms with Crippen molar-refractivity contribution in [2.75, 3.05) is 0 Å². The molecule has 0 bridgehead atoms. The van der Waals surface area contributed by atoms with E-state index in [1.54, 1.807) is 0 Å². The van der Waals surface area contributed by atoms with E-state index in [-0.39, 0.29) is 0 Å². The van der Waals surface area contributed by atoms with E-state index < -0.39 is 0 Å². The summed E-state index contributed by atoms with van der Waals surface area (Å²) < 4.78 is 4.77. The van der Waals surface area contributed by atoms with Crippen LogP contribution in [0.25, 0.3) is 98.8 Å². The molecule has 0 aliphatic heterocycles. The normalized spacial score (nSPS) is 12.3. The van der Waals surface area contributed by atoms with Crippen LogP contribution in [0.2, 0.25) is 0 Å². The molecule has 0 saturated heterocycles. The fourth-order valence-electron chi connectivity index (χ4n) is 7.98. The maximum atomic E-state index is 5.35. The van der Waals surface area contributed by atoms with E-state index in [0.29, 0.717) is 5.95 Å². The molecule has 4 nitrogen and oxygen atoms in total. The minimum Gasteiger partial charge on any atom is -0.308 e. The second kappa shape index (κ2) is 8.68. The number of benzene rings is 7. The van der Waals surface area contributed by atoms with Crippen LogP contribution in [-0.2, 0) is 0 Å². The number of hydrogen-bond donors (Lipinski definition) is 0. The molecule has 212 valence electrons. The van der Waals surface area contributed by atoms with Gasteiger partial charge in [0.05, 0.1) is 38.8 Å². The number of hydrogen-bond acceptors (Lipinski definition) is 2. The standard InChI is InChI=1S/C42H24N4/c1-2-13-26(14-3-1)40-28-16-6-9-19-32(28)43-42(44-40)46-34-21-11-7-17-29(34)38-36(46)24-31-37-27-15-5-4-12-25(27)22-23-35(37)45-33-20-10-8-18-30(33)39(38)41(31)45/h1-24H. The van der Waals surface area contributed by atoms with Gasteiger partial charge in [-0.05, 0) is 41.1 Å². The van der Waals surface area contributed by atoms with Crippen molar-refractivity contribution in [3.05, 3.63) is 146 Å². The molecule has 0 saturated carbocycles. The molecule has 0 fully saturated rings. The fraction of sp³-hybridized carbons (Fsp3) is 0. The Kier molecular flexibility index (Phi) is 4.55. The monoisotopic (exact) mass is 584 g/mol. The molecule has 0 radical (unpaired) electrons. The lowest BCUT2D eigenvalue weighted by Gasteiger charge is -2.12. The Labute approximate surface area is 262 Å². The zero-order valence-electron chi connectivity index (χ0n) is 24.6. The van der Waals surface area contributed by atoms with Crippen LogP contribution in [0.5, 0.6) is 0 Å². The largest absolute Gasteiger partial charge is 0.308 e. The molecule has 0 N–H and O–H groups in total. The minimum absolute atomic E-state index is 0.676. The van der Waals surface area contributed by atoms with Crippen LogP contribution in [0.15, 0.2) is 146 Å². The molecular weight excluding hydrogens is 560 g/mol. The average Bonchev–Trinajstić information content (AvgIpc) is 3.76. The van der Waals surface area contributed by atoms with Crippen LogP contribution in [0.1, 0.15) is 0 Å². The Morgan fingerprint density at radius 2 is 1.09 bits per heavy atom. The first-order valence-electron chi connectivity index (χ1n) is 15.7. The van der Waals surface area contributed by atoms with E-state index in [2.05, 4.69) is 148 Å². The maximum Gasteiger partial charge on any atom is 0.235 e. The highest BCUT2D eigenvalue weighted by molar-refractivity contribution is 6.37. The van der Waals surface area contributed by atoms with Crippen molar-refractivity contribution in [1.82, 2.24) is 18.9 Å². The lowest BCUT2D eigenvalue weighted by atomic mass is 9.99. The highest BCUT2D eigenvalue weighted by Crippen LogP contribution is 2.47. The molecule has 11 aromatic rings. The molecule has 0 aliphatic rings. The zero-order chi connectivity index (χ0) is 29.9. The lowest BCUT2D eigenvalue weighted by Crippen LogP contribution is -2.03. The van der Waals surface area contributed by atoms with Gasteiger partial charge in [0, 0.05) is 43.3 Å². The van der Waals surface area contributed by atoms with Crippen molar-refractivity contribution in [1.29, 1.82) is 0 Å². The molecular formula is C42H24N4. The lowest BCUT2D eigenvalue weighted by molar-refractivity contribution is 1.01. The topological polar surface area (TPSA) is 35.1 Å². The minimum atomic E-state index is 0.676. The van der Waals surface area contributed by atoms with Gasteiger partial charge in [-0.2, -0.15) is 0 Å². The number of para-hydroxylation sites is 3. The van der Waals surface area contributed by atoms with E-state index in [9.17, 15) is 0 Å². The van der Waals surface area contributed by atoms with Gasteiger partial charge < -0.3 is 4.40 Å². The Morgan fingerprint density at radius 3 is 1.93 bits per heavy atom. The summed E-state index contributed by atoms with van der Waals surface area (Å²) >= 11 is 0. The Morgan fingerprint density at radius 1 is 0.413 bits per heavy atom. The van der Waals surface area contributed by atoms with Crippen molar-refractivity contribution in [2.45, 2.75) is 0 Å². The highest BCUT2D eigenvalue weighted by atomic mass is 15.2. The SMILES string of the molecule is c1ccc(-c2nc(-n3c4ccccc4c4c5c6ccccc6n6c7ccc8ccccc8c7c(cc43)c56)nc3ccccc23)cc1. The van der Waals surface area contributed by atoms with Crippen LogP contribution in [0, 0.1) is 0 Å². The predicted molar refractivity (Wildman–Crippen MR) is 191 cm³/mol. The van der Waals surface area contributed by atoms with Crippen molar-refractivity contribution < 1.29 is 0 Å². The molecule has 0 unspecified atom stereocenters. The molecule has 46 heavy (non-hydrogen) atoms. The first-order chi connectivity index (χ1) is 22.8. The number of rotatable bonds is 2. The zero-order valence-corrected chi connectivity index (χ0v) is 24.6. The van der Waals surface area contributed by atoms with E-state index in [4.69, 9.17) is 9.97 Å². The molecule has 4 heteroatoms. The van der Waals surface area contributed by atoms with Gasteiger partial charge in [0.2, 0.25) is 5.95 Å². The van der Waals surface area contributed by atoms with Gasteiger partial charge in [-0.15, -0.1) is 0 Å². The van der Waals surface area contributed by atoms with Gasteiger partial charge in [-0.3, -0.25) is 4.57 Å². The smallest absolute Gasteiger partial charge is 0.235 e. The van der Waals surface area contributed by atoms with E-state index in [1.165, 1.54) is 59.6 Å². The Bertz CT molecular complexity index is 3020. The van der Waals surface area contributed by atoms with Gasteiger partial charge in [0.15, 0.2) is 0 Å². The Hall–Kier alpha value is -6.26. The van der Waals surface area contributed by atoms with Crippen molar-refractivity contribution >= 4 is 81.6 Å². The van der Waals surface area contributed by atoms with Crippen LogP contribution in [0.4, 0.5) is 0 Å². The molecule has 0 amide bonds. The second-order valence-electron chi connectivity index (χ2n) is 12.2. The van der Waals surface area contributed by atoms with Gasteiger partial charge in [0.25, 0.3) is 0 Å². The summed E-state index contributed by atoms with van der Waals surface area (Å²) in [5.74, 6) is 0.676. The van der Waals surface area contributed by atoms with Crippen LogP contribution >= 0.6 is 0 Å². The summed E-state index contributed by atoms with van der Waals surface area (Å²) in [5, 5.41) is 11.1. The third kappa shape index (κ3) is 2.98. The summed E-state index contributed by atoms with van der Waals surface area (Å²) in [7, 11) is 0. The van der Waals surface area contributed by atoms with Crippen LogP contribution in [0.3, 0.4) is 0 Å². The molecule has 4 aromatic heterocycles. The van der Waals surface area contributed by atoms with Gasteiger partial charge in [0.1, 0.15) is 0 Å². The van der Waals surface area contributed by atoms with E-state index >= 15 is 0 Å². The summed E-state index contributed by atoms with van der Waals surface area (Å²) in [6.07, 6.45) is 0. The van der Waals surface area contributed by atoms with Crippen molar-refractivity contribution in [2.24, 2.45) is 0 Å². The molecule has 0 atom stereocenters. The van der Waals surface area contributed by atoms with Crippen molar-refractivity contribution in [3.8, 4) is 17.2 Å². The molecule has 7 aromatic carbocycles. The molecule has 4 heterocycles. The second-order valence-corrected chi connectivity index (χ2v) is 12.2. The fourth-order valence-corrected chi connectivity index (χ4v) is 7.98. The summed E-state index contributed by atoms with van der Waals surface area (Å²) in [6, 6.07) is 52.0.